The molecule has 0 radical (unpaired) electrons. The Bertz CT molecular complexity index is 236. The molecule has 0 amide bonds. The smallest absolute Gasteiger partial charge is 0.0124 e. The van der Waals surface area contributed by atoms with Crippen molar-refractivity contribution in [3.8, 4) is 0 Å². The normalized spacial score (nSPS) is 30.6. The van der Waals surface area contributed by atoms with Crippen LogP contribution in [0.4, 0.5) is 0 Å². The summed E-state index contributed by atoms with van der Waals surface area (Å²) in [6.45, 7) is 9.63. The van der Waals surface area contributed by atoms with E-state index in [4.69, 9.17) is 5.73 Å². The van der Waals surface area contributed by atoms with Crippen molar-refractivity contribution in [2.24, 2.45) is 11.7 Å². The molecule has 2 fully saturated rings. The summed E-state index contributed by atoms with van der Waals surface area (Å²) >= 11 is 0. The minimum Gasteiger partial charge on any atom is -0.330 e. The van der Waals surface area contributed by atoms with E-state index in [2.05, 4.69) is 16.7 Å². The lowest BCUT2D eigenvalue weighted by molar-refractivity contribution is 0.0479. The van der Waals surface area contributed by atoms with Gasteiger partial charge in [0.1, 0.15) is 0 Å². The van der Waals surface area contributed by atoms with E-state index in [-0.39, 0.29) is 0 Å². The third kappa shape index (κ3) is 4.44. The zero-order valence-electron chi connectivity index (χ0n) is 12.8. The van der Waals surface area contributed by atoms with Crippen LogP contribution in [0.1, 0.15) is 51.9 Å². The van der Waals surface area contributed by atoms with E-state index in [0.717, 1.165) is 18.5 Å². The molecule has 0 aromatic rings. The molecule has 0 aromatic heterocycles. The summed E-state index contributed by atoms with van der Waals surface area (Å²) < 4.78 is 0. The van der Waals surface area contributed by atoms with Crippen LogP contribution in [0.2, 0.25) is 0 Å². The number of nitrogens with zero attached hydrogens (tertiary/aromatic N) is 2. The maximum atomic E-state index is 5.57. The summed E-state index contributed by atoms with van der Waals surface area (Å²) in [6.07, 6.45) is 9.68. The Balaban J connectivity index is 1.72. The Morgan fingerprint density at radius 2 is 1.74 bits per heavy atom. The Kier molecular flexibility index (Phi) is 6.62. The number of hydrogen-bond donors (Lipinski definition) is 1. The summed E-state index contributed by atoms with van der Waals surface area (Å²) in [5.41, 5.74) is 5.57. The fraction of sp³-hybridized carbons (Fsp3) is 1.00. The molecule has 1 aliphatic carbocycles. The molecule has 1 heterocycles. The highest BCUT2D eigenvalue weighted by atomic mass is 15.3. The highest BCUT2D eigenvalue weighted by Gasteiger charge is 2.30. The maximum Gasteiger partial charge on any atom is 0.0124 e. The van der Waals surface area contributed by atoms with E-state index in [1.165, 1.54) is 77.7 Å². The molecule has 2 atom stereocenters. The monoisotopic (exact) mass is 267 g/mol. The van der Waals surface area contributed by atoms with Gasteiger partial charge in [0.25, 0.3) is 0 Å². The summed E-state index contributed by atoms with van der Waals surface area (Å²) in [6, 6.07) is 0.893. The van der Waals surface area contributed by atoms with Crippen molar-refractivity contribution in [3.63, 3.8) is 0 Å². The molecule has 2 aliphatic rings. The van der Waals surface area contributed by atoms with Crippen molar-refractivity contribution in [1.82, 2.24) is 9.80 Å². The molecule has 3 heteroatoms. The minimum atomic E-state index is 0.847. The van der Waals surface area contributed by atoms with Crippen molar-refractivity contribution in [1.29, 1.82) is 0 Å². The molecule has 1 aliphatic heterocycles. The Morgan fingerprint density at radius 1 is 1.00 bits per heavy atom. The molecule has 19 heavy (non-hydrogen) atoms. The number of nitrogens with two attached hydrogens (primary N) is 1. The first kappa shape index (κ1) is 15.3. The van der Waals surface area contributed by atoms with Gasteiger partial charge < -0.3 is 10.6 Å². The molecule has 0 spiro atoms. The van der Waals surface area contributed by atoms with E-state index < -0.39 is 0 Å². The van der Waals surface area contributed by atoms with Gasteiger partial charge >= 0.3 is 0 Å². The minimum absolute atomic E-state index is 0.847. The van der Waals surface area contributed by atoms with E-state index in [9.17, 15) is 0 Å². The summed E-state index contributed by atoms with van der Waals surface area (Å²) in [7, 11) is 0. The Hall–Kier alpha value is -0.120. The lowest BCUT2D eigenvalue weighted by atomic mass is 9.81. The molecule has 2 N–H and O–H groups in total. The quantitative estimate of drug-likeness (QED) is 0.750. The van der Waals surface area contributed by atoms with Gasteiger partial charge in [0, 0.05) is 32.2 Å². The number of rotatable bonds is 6. The van der Waals surface area contributed by atoms with Gasteiger partial charge in [-0.15, -0.1) is 0 Å². The molecule has 2 unspecified atom stereocenters. The van der Waals surface area contributed by atoms with E-state index in [1.54, 1.807) is 0 Å². The molecule has 1 saturated carbocycles. The molecule has 112 valence electrons. The molecule has 2 rings (SSSR count). The number of hydrogen-bond acceptors (Lipinski definition) is 3. The Labute approximate surface area is 119 Å². The number of piperazine rings is 1. The summed E-state index contributed by atoms with van der Waals surface area (Å²) in [4.78, 5) is 5.43. The number of unbranched alkanes of at least 4 members (excludes halogenated alkanes) is 1. The highest BCUT2D eigenvalue weighted by Crippen LogP contribution is 2.31. The second-order valence-electron chi connectivity index (χ2n) is 6.39. The zero-order valence-corrected chi connectivity index (χ0v) is 12.8. The lowest BCUT2D eigenvalue weighted by Crippen LogP contribution is -2.53. The molecular weight excluding hydrogens is 234 g/mol. The maximum absolute atomic E-state index is 5.57. The molecule has 1 saturated heterocycles. The van der Waals surface area contributed by atoms with Gasteiger partial charge in [0.15, 0.2) is 0 Å². The van der Waals surface area contributed by atoms with Gasteiger partial charge in [0.2, 0.25) is 0 Å². The van der Waals surface area contributed by atoms with Gasteiger partial charge in [0.05, 0.1) is 0 Å². The average Bonchev–Trinajstić information content (AvgIpc) is 2.48. The van der Waals surface area contributed by atoms with Gasteiger partial charge in [-0.1, -0.05) is 26.2 Å². The van der Waals surface area contributed by atoms with Crippen molar-refractivity contribution >= 4 is 0 Å². The fourth-order valence-corrected chi connectivity index (χ4v) is 3.94. The molecular formula is C16H33N3. The van der Waals surface area contributed by atoms with E-state index >= 15 is 0 Å². The second-order valence-corrected chi connectivity index (χ2v) is 6.39. The van der Waals surface area contributed by atoms with Crippen LogP contribution in [0.5, 0.6) is 0 Å². The fourth-order valence-electron chi connectivity index (χ4n) is 3.94. The second kappa shape index (κ2) is 8.23. The van der Waals surface area contributed by atoms with E-state index in [1.807, 2.05) is 0 Å². The molecule has 0 bridgehead atoms. The average molecular weight is 267 g/mol. The lowest BCUT2D eigenvalue weighted by Gasteiger charge is -2.44. The summed E-state index contributed by atoms with van der Waals surface area (Å²) in [5.74, 6) is 0.970. The van der Waals surface area contributed by atoms with Crippen LogP contribution < -0.4 is 5.73 Å². The van der Waals surface area contributed by atoms with Crippen LogP contribution in [-0.4, -0.2) is 55.1 Å². The van der Waals surface area contributed by atoms with E-state index in [0.29, 0.717) is 0 Å². The van der Waals surface area contributed by atoms with Gasteiger partial charge in [-0.3, -0.25) is 4.90 Å². The zero-order chi connectivity index (χ0) is 13.5. The van der Waals surface area contributed by atoms with Crippen LogP contribution in [0.3, 0.4) is 0 Å². The molecule has 3 nitrogen and oxygen atoms in total. The van der Waals surface area contributed by atoms with Crippen LogP contribution >= 0.6 is 0 Å². The third-order valence-electron chi connectivity index (χ3n) is 5.20. The largest absolute Gasteiger partial charge is 0.330 e. The predicted octanol–water partition coefficient (Wildman–Crippen LogP) is 2.31. The standard InChI is InChI=1S/C16H33N3/c1-2-15-7-3-4-8-16(15)19-13-11-18(12-14-19)10-6-5-9-17/h15-16H,2-14,17H2,1H3. The SMILES string of the molecule is CCC1CCCCC1N1CCN(CCCCN)CC1. The highest BCUT2D eigenvalue weighted by molar-refractivity contribution is 4.85. The first-order valence-electron chi connectivity index (χ1n) is 8.51. The Morgan fingerprint density at radius 3 is 2.42 bits per heavy atom. The first-order chi connectivity index (χ1) is 9.35. The van der Waals surface area contributed by atoms with Crippen LogP contribution in [0.25, 0.3) is 0 Å². The first-order valence-corrected chi connectivity index (χ1v) is 8.51. The van der Waals surface area contributed by atoms with Crippen molar-refractivity contribution in [2.75, 3.05) is 39.3 Å². The third-order valence-corrected chi connectivity index (χ3v) is 5.20. The van der Waals surface area contributed by atoms with Crippen LogP contribution in [-0.2, 0) is 0 Å². The predicted molar refractivity (Wildman–Crippen MR) is 82.3 cm³/mol. The van der Waals surface area contributed by atoms with Crippen molar-refractivity contribution in [2.45, 2.75) is 57.9 Å². The van der Waals surface area contributed by atoms with Crippen LogP contribution in [0, 0.1) is 5.92 Å². The van der Waals surface area contributed by atoms with Gasteiger partial charge in [-0.05, 0) is 44.7 Å². The van der Waals surface area contributed by atoms with Crippen LogP contribution in [0.15, 0.2) is 0 Å². The van der Waals surface area contributed by atoms with Crippen molar-refractivity contribution in [3.05, 3.63) is 0 Å². The van der Waals surface area contributed by atoms with Gasteiger partial charge in [-0.25, -0.2) is 0 Å². The molecule has 0 aromatic carbocycles. The van der Waals surface area contributed by atoms with Crippen molar-refractivity contribution < 1.29 is 0 Å². The topological polar surface area (TPSA) is 32.5 Å². The summed E-state index contributed by atoms with van der Waals surface area (Å²) in [5, 5.41) is 0. The van der Waals surface area contributed by atoms with Gasteiger partial charge in [-0.2, -0.15) is 0 Å².